The van der Waals surface area contributed by atoms with Crippen molar-refractivity contribution >= 4 is 34.4 Å². The van der Waals surface area contributed by atoms with Gasteiger partial charge in [0.2, 0.25) is 0 Å². The first-order valence-corrected chi connectivity index (χ1v) is 6.97. The number of nitriles is 1. The van der Waals surface area contributed by atoms with E-state index in [1.165, 1.54) is 0 Å². The first kappa shape index (κ1) is 14.1. The number of nitrogens with one attached hydrogen (secondary N) is 1. The monoisotopic (exact) mass is 306 g/mol. The Bertz CT molecular complexity index is 879. The second-order valence-corrected chi connectivity index (χ2v) is 5.06. The Kier molecular flexibility index (Phi) is 3.99. The lowest BCUT2D eigenvalue weighted by Crippen LogP contribution is -1.93. The van der Waals surface area contributed by atoms with E-state index in [-0.39, 0.29) is 0 Å². The van der Waals surface area contributed by atoms with Crippen LogP contribution < -0.4 is 5.43 Å². The molecule has 0 radical (unpaired) electrons. The van der Waals surface area contributed by atoms with E-state index >= 15 is 0 Å². The highest BCUT2D eigenvalue weighted by molar-refractivity contribution is 6.31. The number of rotatable bonds is 3. The molecule has 0 unspecified atom stereocenters. The molecule has 0 aliphatic heterocycles. The van der Waals surface area contributed by atoms with Crippen LogP contribution >= 0.6 is 11.6 Å². The Hall–Kier alpha value is -2.90. The van der Waals surface area contributed by atoms with Crippen molar-refractivity contribution in [3.05, 3.63) is 70.9 Å². The third kappa shape index (κ3) is 3.05. The van der Waals surface area contributed by atoms with Gasteiger partial charge in [-0.2, -0.15) is 10.4 Å². The molecule has 0 fully saturated rings. The Labute approximate surface area is 132 Å². The van der Waals surface area contributed by atoms with E-state index < -0.39 is 0 Å². The summed E-state index contributed by atoms with van der Waals surface area (Å²) in [5.41, 5.74) is 6.21. The maximum absolute atomic E-state index is 8.76. The predicted molar refractivity (Wildman–Crippen MR) is 89.1 cm³/mol. The van der Waals surface area contributed by atoms with Gasteiger partial charge in [-0.05, 0) is 42.0 Å². The average molecular weight is 307 g/mol. The van der Waals surface area contributed by atoms with Crippen LogP contribution in [0.5, 0.6) is 0 Å². The predicted octanol–water partition coefficient (Wildman–Crippen LogP) is 4.21. The summed E-state index contributed by atoms with van der Waals surface area (Å²) in [5, 5.41) is 14.6. The van der Waals surface area contributed by atoms with Crippen LogP contribution in [0.25, 0.3) is 10.9 Å². The number of pyridine rings is 1. The fraction of sp³-hybridized carbons (Fsp3) is 0. The summed E-state index contributed by atoms with van der Waals surface area (Å²) in [6.45, 7) is 0. The van der Waals surface area contributed by atoms with Crippen molar-refractivity contribution in [1.29, 1.82) is 5.26 Å². The molecular weight excluding hydrogens is 296 g/mol. The Morgan fingerprint density at radius 3 is 2.73 bits per heavy atom. The van der Waals surface area contributed by atoms with Crippen LogP contribution in [0.4, 0.5) is 5.69 Å². The third-order valence-corrected chi connectivity index (χ3v) is 3.38. The highest BCUT2D eigenvalue weighted by atomic mass is 35.5. The molecule has 5 heteroatoms. The number of hydrogen-bond acceptors (Lipinski definition) is 4. The standard InChI is InChI=1S/C17H11ClN4/c18-14-5-6-15-16(7-8-20-17(15)9-14)22-21-11-13-3-1-12(10-19)2-4-13/h1-9,11H,(H,20,22). The van der Waals surface area contributed by atoms with Crippen LogP contribution in [0.15, 0.2) is 59.8 Å². The fourth-order valence-electron chi connectivity index (χ4n) is 2.04. The zero-order valence-electron chi connectivity index (χ0n) is 11.5. The zero-order chi connectivity index (χ0) is 15.4. The molecule has 0 bridgehead atoms. The van der Waals surface area contributed by atoms with Crippen LogP contribution in [0, 0.1) is 11.3 Å². The summed E-state index contributed by atoms with van der Waals surface area (Å²) >= 11 is 5.97. The molecule has 106 valence electrons. The minimum Gasteiger partial charge on any atom is -0.278 e. The van der Waals surface area contributed by atoms with E-state index in [4.69, 9.17) is 16.9 Å². The van der Waals surface area contributed by atoms with Gasteiger partial charge in [0.1, 0.15) is 0 Å². The quantitative estimate of drug-likeness (QED) is 0.582. The highest BCUT2D eigenvalue weighted by Crippen LogP contribution is 2.24. The first-order valence-electron chi connectivity index (χ1n) is 6.60. The van der Waals surface area contributed by atoms with Crippen molar-refractivity contribution in [2.24, 2.45) is 5.10 Å². The molecule has 3 aromatic rings. The first-order chi connectivity index (χ1) is 10.8. The van der Waals surface area contributed by atoms with Crippen LogP contribution in [0.3, 0.4) is 0 Å². The van der Waals surface area contributed by atoms with Crippen molar-refractivity contribution in [3.8, 4) is 6.07 Å². The van der Waals surface area contributed by atoms with Gasteiger partial charge < -0.3 is 0 Å². The van der Waals surface area contributed by atoms with Gasteiger partial charge >= 0.3 is 0 Å². The van der Waals surface area contributed by atoms with Gasteiger partial charge in [0.15, 0.2) is 0 Å². The van der Waals surface area contributed by atoms with Gasteiger partial charge in [-0.15, -0.1) is 0 Å². The van der Waals surface area contributed by atoms with Crippen LogP contribution in [-0.4, -0.2) is 11.2 Å². The lowest BCUT2D eigenvalue weighted by Gasteiger charge is -2.05. The fourth-order valence-corrected chi connectivity index (χ4v) is 2.21. The average Bonchev–Trinajstić information content (AvgIpc) is 2.55. The normalized spacial score (nSPS) is 10.7. The summed E-state index contributed by atoms with van der Waals surface area (Å²) < 4.78 is 0. The van der Waals surface area contributed by atoms with E-state index in [0.29, 0.717) is 10.6 Å². The molecule has 0 aliphatic carbocycles. The molecule has 0 atom stereocenters. The van der Waals surface area contributed by atoms with Crippen molar-refractivity contribution in [2.45, 2.75) is 0 Å². The Balaban J connectivity index is 1.81. The van der Waals surface area contributed by atoms with Crippen LogP contribution in [0.2, 0.25) is 5.02 Å². The van der Waals surface area contributed by atoms with Gasteiger partial charge in [0, 0.05) is 16.6 Å². The minimum absolute atomic E-state index is 0.627. The number of anilines is 1. The summed E-state index contributed by atoms with van der Waals surface area (Å²) in [4.78, 5) is 4.28. The number of nitrogens with zero attached hydrogens (tertiary/aromatic N) is 3. The van der Waals surface area contributed by atoms with Gasteiger partial charge in [-0.1, -0.05) is 23.7 Å². The lowest BCUT2D eigenvalue weighted by atomic mass is 10.2. The molecule has 3 rings (SSSR count). The number of halogens is 1. The maximum atomic E-state index is 8.76. The molecule has 4 nitrogen and oxygen atoms in total. The molecule has 0 amide bonds. The van der Waals surface area contributed by atoms with Crippen molar-refractivity contribution < 1.29 is 0 Å². The SMILES string of the molecule is N#Cc1ccc(C=NNc2ccnc3cc(Cl)ccc23)cc1. The molecule has 22 heavy (non-hydrogen) atoms. The molecule has 1 heterocycles. The second-order valence-electron chi connectivity index (χ2n) is 4.62. The summed E-state index contributed by atoms with van der Waals surface area (Å²) in [6.07, 6.45) is 3.40. The number of aromatic nitrogens is 1. The van der Waals surface area contributed by atoms with Crippen LogP contribution in [-0.2, 0) is 0 Å². The maximum Gasteiger partial charge on any atom is 0.0991 e. The number of fused-ring (bicyclic) bond motifs is 1. The van der Waals surface area contributed by atoms with Crippen molar-refractivity contribution in [2.75, 3.05) is 5.43 Å². The van der Waals surface area contributed by atoms with E-state index in [1.54, 1.807) is 24.5 Å². The van der Waals surface area contributed by atoms with E-state index in [0.717, 1.165) is 22.2 Å². The third-order valence-electron chi connectivity index (χ3n) is 3.14. The van der Waals surface area contributed by atoms with Gasteiger partial charge in [0.05, 0.1) is 29.1 Å². The van der Waals surface area contributed by atoms with Crippen LogP contribution in [0.1, 0.15) is 11.1 Å². The van der Waals surface area contributed by atoms with Gasteiger partial charge in [0.25, 0.3) is 0 Å². The van der Waals surface area contributed by atoms with Crippen molar-refractivity contribution in [3.63, 3.8) is 0 Å². The number of hydrazone groups is 1. The summed E-state index contributed by atoms with van der Waals surface area (Å²) in [7, 11) is 0. The number of hydrogen-bond donors (Lipinski definition) is 1. The molecule has 1 N–H and O–H groups in total. The number of benzene rings is 2. The van der Waals surface area contributed by atoms with Crippen molar-refractivity contribution in [1.82, 2.24) is 4.98 Å². The second kappa shape index (κ2) is 6.25. The molecule has 0 spiro atoms. The summed E-state index contributed by atoms with van der Waals surface area (Å²) in [6, 6.07) is 16.7. The van der Waals surface area contributed by atoms with E-state index in [1.807, 2.05) is 36.4 Å². The molecule has 2 aromatic carbocycles. The summed E-state index contributed by atoms with van der Waals surface area (Å²) in [5.74, 6) is 0. The molecule has 0 saturated carbocycles. The zero-order valence-corrected chi connectivity index (χ0v) is 12.2. The topological polar surface area (TPSA) is 61.1 Å². The lowest BCUT2D eigenvalue weighted by molar-refractivity contribution is 1.33. The smallest absolute Gasteiger partial charge is 0.0991 e. The molecule has 0 saturated heterocycles. The Morgan fingerprint density at radius 1 is 1.14 bits per heavy atom. The molecular formula is C17H11ClN4. The molecule has 1 aromatic heterocycles. The van der Waals surface area contributed by atoms with Gasteiger partial charge in [-0.25, -0.2) is 0 Å². The highest BCUT2D eigenvalue weighted by Gasteiger charge is 2.01. The Morgan fingerprint density at radius 2 is 1.95 bits per heavy atom. The van der Waals surface area contributed by atoms with E-state index in [9.17, 15) is 0 Å². The van der Waals surface area contributed by atoms with E-state index in [2.05, 4.69) is 21.6 Å². The van der Waals surface area contributed by atoms with Gasteiger partial charge in [-0.3, -0.25) is 10.4 Å². The minimum atomic E-state index is 0.627. The largest absolute Gasteiger partial charge is 0.278 e. The molecule has 0 aliphatic rings.